The highest BCUT2D eigenvalue weighted by Crippen LogP contribution is 2.26. The summed E-state index contributed by atoms with van der Waals surface area (Å²) in [4.78, 5) is 16.4. The van der Waals surface area contributed by atoms with Crippen LogP contribution in [0.5, 0.6) is 5.75 Å². The lowest BCUT2D eigenvalue weighted by atomic mass is 9.97. The SMILES string of the molecule is O=C(NCCCn1cnc2ccccc21)NCC1COc2ccccc2C1. The van der Waals surface area contributed by atoms with E-state index in [1.165, 1.54) is 5.56 Å². The van der Waals surface area contributed by atoms with Gasteiger partial charge in [0.2, 0.25) is 0 Å². The number of para-hydroxylation sites is 3. The maximum absolute atomic E-state index is 12.0. The molecule has 140 valence electrons. The van der Waals surface area contributed by atoms with Crippen molar-refractivity contribution in [1.82, 2.24) is 20.2 Å². The highest BCUT2D eigenvalue weighted by molar-refractivity contribution is 5.75. The molecule has 0 fully saturated rings. The molecule has 0 bridgehead atoms. The first-order chi connectivity index (χ1) is 13.3. The topological polar surface area (TPSA) is 68.2 Å². The van der Waals surface area contributed by atoms with Gasteiger partial charge >= 0.3 is 6.03 Å². The van der Waals surface area contributed by atoms with Crippen molar-refractivity contribution < 1.29 is 9.53 Å². The highest BCUT2D eigenvalue weighted by atomic mass is 16.5. The Morgan fingerprint density at radius 3 is 2.96 bits per heavy atom. The molecule has 0 spiro atoms. The first-order valence-corrected chi connectivity index (χ1v) is 9.42. The minimum absolute atomic E-state index is 0.121. The zero-order chi connectivity index (χ0) is 18.5. The molecule has 3 aromatic rings. The van der Waals surface area contributed by atoms with Gasteiger partial charge in [0.25, 0.3) is 0 Å². The molecular formula is C21H24N4O2. The van der Waals surface area contributed by atoms with Crippen LogP contribution in [-0.2, 0) is 13.0 Å². The average molecular weight is 364 g/mol. The second kappa shape index (κ2) is 8.12. The van der Waals surface area contributed by atoms with Gasteiger partial charge in [0.05, 0.1) is 24.0 Å². The van der Waals surface area contributed by atoms with Crippen molar-refractivity contribution >= 4 is 17.1 Å². The van der Waals surface area contributed by atoms with Crippen LogP contribution in [0.2, 0.25) is 0 Å². The number of ether oxygens (including phenoxy) is 1. The molecule has 2 heterocycles. The van der Waals surface area contributed by atoms with E-state index in [9.17, 15) is 4.79 Å². The summed E-state index contributed by atoms with van der Waals surface area (Å²) in [7, 11) is 0. The lowest BCUT2D eigenvalue weighted by Crippen LogP contribution is -2.41. The summed E-state index contributed by atoms with van der Waals surface area (Å²) in [6, 6.07) is 16.0. The number of aromatic nitrogens is 2. The Kier molecular flexibility index (Phi) is 5.23. The number of amides is 2. The summed E-state index contributed by atoms with van der Waals surface area (Å²) in [5, 5.41) is 5.88. The maximum atomic E-state index is 12.0. The smallest absolute Gasteiger partial charge is 0.314 e. The summed E-state index contributed by atoms with van der Waals surface area (Å²) in [5.41, 5.74) is 3.34. The molecule has 1 atom stereocenters. The fraction of sp³-hybridized carbons (Fsp3) is 0.333. The Morgan fingerprint density at radius 1 is 1.15 bits per heavy atom. The highest BCUT2D eigenvalue weighted by Gasteiger charge is 2.19. The Morgan fingerprint density at radius 2 is 2.00 bits per heavy atom. The largest absolute Gasteiger partial charge is 0.493 e. The molecule has 1 aliphatic heterocycles. The van der Waals surface area contributed by atoms with Crippen LogP contribution in [0.15, 0.2) is 54.9 Å². The fourth-order valence-corrected chi connectivity index (χ4v) is 3.46. The molecule has 1 aromatic heterocycles. The van der Waals surface area contributed by atoms with E-state index in [-0.39, 0.29) is 6.03 Å². The van der Waals surface area contributed by atoms with Crippen LogP contribution < -0.4 is 15.4 Å². The minimum atomic E-state index is -0.121. The van der Waals surface area contributed by atoms with Gasteiger partial charge in [0.1, 0.15) is 5.75 Å². The quantitative estimate of drug-likeness (QED) is 0.661. The third-order valence-corrected chi connectivity index (χ3v) is 4.90. The molecule has 4 rings (SSSR count). The monoisotopic (exact) mass is 364 g/mol. The van der Waals surface area contributed by atoms with Gasteiger partial charge in [-0.15, -0.1) is 0 Å². The second-order valence-electron chi connectivity index (χ2n) is 6.91. The molecule has 2 amide bonds. The van der Waals surface area contributed by atoms with Crippen molar-refractivity contribution in [2.45, 2.75) is 19.4 Å². The number of rotatable bonds is 6. The minimum Gasteiger partial charge on any atom is -0.493 e. The van der Waals surface area contributed by atoms with Gasteiger partial charge in [0.15, 0.2) is 0 Å². The standard InChI is InChI=1S/C21H24N4O2/c26-21(23-13-16-12-17-6-1-4-9-20(17)27-14-16)22-10-5-11-25-15-24-18-7-2-3-8-19(18)25/h1-4,6-9,15-16H,5,10-14H2,(H2,22,23,26). The summed E-state index contributed by atoms with van der Waals surface area (Å²) in [6.45, 7) is 2.72. The Hall–Kier alpha value is -3.02. The van der Waals surface area contributed by atoms with E-state index in [1.54, 1.807) is 0 Å². The Labute approximate surface area is 158 Å². The number of nitrogens with one attached hydrogen (secondary N) is 2. The van der Waals surface area contributed by atoms with Crippen LogP contribution in [0.3, 0.4) is 0 Å². The molecule has 0 aliphatic carbocycles. The number of nitrogens with zero attached hydrogens (tertiary/aromatic N) is 2. The van der Waals surface area contributed by atoms with Gasteiger partial charge < -0.3 is 19.9 Å². The molecule has 0 saturated heterocycles. The van der Waals surface area contributed by atoms with E-state index in [0.717, 1.165) is 36.2 Å². The second-order valence-corrected chi connectivity index (χ2v) is 6.91. The molecule has 27 heavy (non-hydrogen) atoms. The number of carbonyl (C=O) groups is 1. The van der Waals surface area contributed by atoms with E-state index in [0.29, 0.717) is 25.6 Å². The number of aryl methyl sites for hydroxylation is 1. The van der Waals surface area contributed by atoms with Crippen molar-refractivity contribution in [1.29, 1.82) is 0 Å². The number of urea groups is 1. The first kappa shape index (κ1) is 17.4. The van der Waals surface area contributed by atoms with Gasteiger partial charge in [-0.3, -0.25) is 0 Å². The van der Waals surface area contributed by atoms with E-state index < -0.39 is 0 Å². The summed E-state index contributed by atoms with van der Waals surface area (Å²) in [6.07, 6.45) is 3.64. The molecule has 6 heteroatoms. The van der Waals surface area contributed by atoms with Crippen LogP contribution in [-0.4, -0.2) is 35.3 Å². The summed E-state index contributed by atoms with van der Waals surface area (Å²) >= 11 is 0. The number of hydrogen-bond acceptors (Lipinski definition) is 3. The molecule has 2 N–H and O–H groups in total. The Bertz CT molecular complexity index is 921. The van der Waals surface area contributed by atoms with Gasteiger partial charge in [-0.2, -0.15) is 0 Å². The molecular weight excluding hydrogens is 340 g/mol. The van der Waals surface area contributed by atoms with Crippen molar-refractivity contribution in [2.75, 3.05) is 19.7 Å². The van der Waals surface area contributed by atoms with Crippen molar-refractivity contribution in [2.24, 2.45) is 5.92 Å². The van der Waals surface area contributed by atoms with Gasteiger partial charge in [0, 0.05) is 25.6 Å². The summed E-state index contributed by atoms with van der Waals surface area (Å²) in [5.74, 6) is 1.27. The zero-order valence-electron chi connectivity index (χ0n) is 15.2. The van der Waals surface area contributed by atoms with Gasteiger partial charge in [-0.25, -0.2) is 9.78 Å². The molecule has 0 radical (unpaired) electrons. The molecule has 2 aromatic carbocycles. The predicted molar refractivity (Wildman–Crippen MR) is 105 cm³/mol. The molecule has 1 aliphatic rings. The summed E-state index contributed by atoms with van der Waals surface area (Å²) < 4.78 is 7.88. The number of fused-ring (bicyclic) bond motifs is 2. The molecule has 6 nitrogen and oxygen atoms in total. The van der Waals surface area contributed by atoms with E-state index in [4.69, 9.17) is 4.74 Å². The van der Waals surface area contributed by atoms with Crippen molar-refractivity contribution in [3.8, 4) is 5.75 Å². The zero-order valence-corrected chi connectivity index (χ0v) is 15.2. The van der Waals surface area contributed by atoms with Crippen LogP contribution in [0.25, 0.3) is 11.0 Å². The van der Waals surface area contributed by atoms with Crippen LogP contribution >= 0.6 is 0 Å². The normalized spacial score (nSPS) is 15.8. The molecule has 0 saturated carbocycles. The third-order valence-electron chi connectivity index (χ3n) is 4.90. The number of hydrogen-bond donors (Lipinski definition) is 2. The lowest BCUT2D eigenvalue weighted by Gasteiger charge is -2.25. The fourth-order valence-electron chi connectivity index (χ4n) is 3.46. The maximum Gasteiger partial charge on any atom is 0.314 e. The number of carbonyl (C=O) groups excluding carboxylic acids is 1. The van der Waals surface area contributed by atoms with Crippen LogP contribution in [0.1, 0.15) is 12.0 Å². The van der Waals surface area contributed by atoms with Crippen molar-refractivity contribution in [3.05, 3.63) is 60.4 Å². The first-order valence-electron chi connectivity index (χ1n) is 9.42. The van der Waals surface area contributed by atoms with Crippen molar-refractivity contribution in [3.63, 3.8) is 0 Å². The number of imidazole rings is 1. The molecule has 1 unspecified atom stereocenters. The average Bonchev–Trinajstić information content (AvgIpc) is 3.13. The lowest BCUT2D eigenvalue weighted by molar-refractivity contribution is 0.211. The van der Waals surface area contributed by atoms with Gasteiger partial charge in [-0.1, -0.05) is 30.3 Å². The van der Waals surface area contributed by atoms with Crippen LogP contribution in [0.4, 0.5) is 4.79 Å². The van der Waals surface area contributed by atoms with E-state index in [1.807, 2.05) is 42.7 Å². The predicted octanol–water partition coefficient (Wildman–Crippen LogP) is 2.98. The third kappa shape index (κ3) is 4.22. The van der Waals surface area contributed by atoms with E-state index >= 15 is 0 Å². The van der Waals surface area contributed by atoms with Gasteiger partial charge in [-0.05, 0) is 36.6 Å². The van der Waals surface area contributed by atoms with E-state index in [2.05, 4.69) is 32.3 Å². The van der Waals surface area contributed by atoms with Crippen LogP contribution in [0, 0.1) is 5.92 Å². The Balaban J connectivity index is 1.16. The number of benzene rings is 2.